The normalized spacial score (nSPS) is 13.1. The summed E-state index contributed by atoms with van der Waals surface area (Å²) >= 11 is 0. The van der Waals surface area contributed by atoms with Gasteiger partial charge in [0.05, 0.1) is 6.54 Å². The third kappa shape index (κ3) is 5.77. The van der Waals surface area contributed by atoms with E-state index >= 15 is 0 Å². The highest BCUT2D eigenvalue weighted by molar-refractivity contribution is 14.0. The smallest absolute Gasteiger partial charge is 0.319 e. The summed E-state index contributed by atoms with van der Waals surface area (Å²) in [6.45, 7) is 0.405. The molecule has 1 saturated carbocycles. The Morgan fingerprint density at radius 1 is 1.37 bits per heavy atom. The molecule has 104 valence electrons. The van der Waals surface area contributed by atoms with E-state index < -0.39 is 0 Å². The van der Waals surface area contributed by atoms with Crippen LogP contribution in [-0.2, 0) is 6.54 Å². The molecule has 0 bridgehead atoms. The van der Waals surface area contributed by atoms with E-state index in [2.05, 4.69) is 15.6 Å². The zero-order chi connectivity index (χ0) is 13.0. The van der Waals surface area contributed by atoms with E-state index in [9.17, 15) is 4.79 Å². The third-order valence-electron chi connectivity index (χ3n) is 2.54. The molecule has 0 heterocycles. The SMILES string of the molecule is I.NC(N)=NCc1cccc(NC(=O)NC2CC2)c1. The van der Waals surface area contributed by atoms with E-state index in [1.165, 1.54) is 0 Å². The van der Waals surface area contributed by atoms with Crippen molar-refractivity contribution in [1.29, 1.82) is 0 Å². The number of guanidine groups is 1. The molecule has 0 aromatic heterocycles. The van der Waals surface area contributed by atoms with Crippen LogP contribution >= 0.6 is 24.0 Å². The van der Waals surface area contributed by atoms with Gasteiger partial charge >= 0.3 is 6.03 Å². The first-order valence-electron chi connectivity index (χ1n) is 5.85. The summed E-state index contributed by atoms with van der Waals surface area (Å²) in [6.07, 6.45) is 2.13. The fraction of sp³-hybridized carbons (Fsp3) is 0.333. The van der Waals surface area contributed by atoms with E-state index in [1.807, 2.05) is 24.3 Å². The van der Waals surface area contributed by atoms with Crippen molar-refractivity contribution in [2.75, 3.05) is 5.32 Å². The molecule has 19 heavy (non-hydrogen) atoms. The molecule has 0 saturated heterocycles. The molecule has 1 fully saturated rings. The van der Waals surface area contributed by atoms with E-state index in [0.717, 1.165) is 24.1 Å². The number of urea groups is 1. The van der Waals surface area contributed by atoms with Crippen molar-refractivity contribution in [3.05, 3.63) is 29.8 Å². The van der Waals surface area contributed by atoms with Crippen LogP contribution in [0.2, 0.25) is 0 Å². The van der Waals surface area contributed by atoms with Gasteiger partial charge in [-0.05, 0) is 30.5 Å². The minimum atomic E-state index is -0.170. The van der Waals surface area contributed by atoms with E-state index in [-0.39, 0.29) is 36.0 Å². The molecular formula is C12H18IN5O. The number of amides is 2. The Labute approximate surface area is 129 Å². The number of anilines is 1. The first kappa shape index (κ1) is 15.5. The molecule has 7 heteroatoms. The number of benzene rings is 1. The predicted molar refractivity (Wildman–Crippen MR) is 86.5 cm³/mol. The summed E-state index contributed by atoms with van der Waals surface area (Å²) in [5, 5.41) is 5.63. The van der Waals surface area contributed by atoms with Gasteiger partial charge in [-0.3, -0.25) is 0 Å². The van der Waals surface area contributed by atoms with Gasteiger partial charge in [0, 0.05) is 11.7 Å². The Kier molecular flexibility index (Phi) is 5.87. The van der Waals surface area contributed by atoms with Crippen LogP contribution in [0.25, 0.3) is 0 Å². The Morgan fingerprint density at radius 3 is 2.74 bits per heavy atom. The largest absolute Gasteiger partial charge is 0.370 e. The second-order valence-corrected chi connectivity index (χ2v) is 4.31. The molecule has 0 unspecified atom stereocenters. The topological polar surface area (TPSA) is 106 Å². The van der Waals surface area contributed by atoms with Crippen LogP contribution in [0, 0.1) is 0 Å². The maximum absolute atomic E-state index is 11.6. The van der Waals surface area contributed by atoms with Crippen molar-refractivity contribution in [3.8, 4) is 0 Å². The molecule has 2 amide bonds. The molecule has 1 aliphatic carbocycles. The zero-order valence-electron chi connectivity index (χ0n) is 10.4. The fourth-order valence-corrected chi connectivity index (χ4v) is 1.51. The first-order valence-corrected chi connectivity index (χ1v) is 5.85. The fourth-order valence-electron chi connectivity index (χ4n) is 1.51. The van der Waals surface area contributed by atoms with Crippen molar-refractivity contribution >= 4 is 41.7 Å². The van der Waals surface area contributed by atoms with E-state index in [1.54, 1.807) is 0 Å². The maximum Gasteiger partial charge on any atom is 0.319 e. The van der Waals surface area contributed by atoms with Gasteiger partial charge in [-0.2, -0.15) is 0 Å². The molecule has 6 N–H and O–H groups in total. The Balaban J connectivity index is 0.00000180. The van der Waals surface area contributed by atoms with Gasteiger partial charge in [0.1, 0.15) is 0 Å². The molecular weight excluding hydrogens is 357 g/mol. The minimum Gasteiger partial charge on any atom is -0.370 e. The number of carbonyl (C=O) groups excluding carboxylic acids is 1. The van der Waals surface area contributed by atoms with Crippen molar-refractivity contribution in [3.63, 3.8) is 0 Å². The summed E-state index contributed by atoms with van der Waals surface area (Å²) in [7, 11) is 0. The van der Waals surface area contributed by atoms with Crippen LogP contribution in [0.15, 0.2) is 29.3 Å². The predicted octanol–water partition coefficient (Wildman–Crippen LogP) is 1.36. The Bertz CT molecular complexity index is 469. The zero-order valence-corrected chi connectivity index (χ0v) is 12.8. The number of nitrogens with two attached hydrogens (primary N) is 2. The lowest BCUT2D eigenvalue weighted by Gasteiger charge is -2.07. The van der Waals surface area contributed by atoms with Crippen molar-refractivity contribution < 1.29 is 4.79 Å². The van der Waals surface area contributed by atoms with Gasteiger partial charge < -0.3 is 22.1 Å². The number of nitrogens with one attached hydrogen (secondary N) is 2. The molecule has 0 radical (unpaired) electrons. The molecule has 6 nitrogen and oxygen atoms in total. The number of halogens is 1. The van der Waals surface area contributed by atoms with Gasteiger partial charge in [-0.25, -0.2) is 9.79 Å². The Hall–Kier alpha value is -1.51. The lowest BCUT2D eigenvalue weighted by Crippen LogP contribution is -2.30. The first-order chi connectivity index (χ1) is 8.63. The van der Waals surface area contributed by atoms with Crippen LogP contribution < -0.4 is 22.1 Å². The minimum absolute atomic E-state index is 0. The van der Waals surface area contributed by atoms with Crippen molar-refractivity contribution in [1.82, 2.24) is 5.32 Å². The van der Waals surface area contributed by atoms with Gasteiger partial charge in [0.25, 0.3) is 0 Å². The molecule has 0 spiro atoms. The number of hydrogen-bond acceptors (Lipinski definition) is 2. The van der Waals surface area contributed by atoms with E-state index in [4.69, 9.17) is 11.5 Å². The molecule has 1 aliphatic rings. The van der Waals surface area contributed by atoms with Crippen molar-refractivity contribution in [2.45, 2.75) is 25.4 Å². The average Bonchev–Trinajstić information content (AvgIpc) is 3.10. The highest BCUT2D eigenvalue weighted by Crippen LogP contribution is 2.19. The Morgan fingerprint density at radius 2 is 2.11 bits per heavy atom. The number of nitrogens with zero attached hydrogens (tertiary/aromatic N) is 1. The van der Waals surface area contributed by atoms with Crippen LogP contribution in [0.3, 0.4) is 0 Å². The van der Waals surface area contributed by atoms with Gasteiger partial charge in [0.15, 0.2) is 5.96 Å². The van der Waals surface area contributed by atoms with Gasteiger partial charge in [-0.15, -0.1) is 24.0 Å². The molecule has 2 rings (SSSR count). The van der Waals surface area contributed by atoms with Gasteiger partial charge in [-0.1, -0.05) is 12.1 Å². The summed E-state index contributed by atoms with van der Waals surface area (Å²) in [6, 6.07) is 7.59. The number of carbonyl (C=O) groups is 1. The monoisotopic (exact) mass is 375 g/mol. The molecule has 0 atom stereocenters. The second-order valence-electron chi connectivity index (χ2n) is 4.31. The van der Waals surface area contributed by atoms with Crippen molar-refractivity contribution in [2.24, 2.45) is 16.5 Å². The van der Waals surface area contributed by atoms with E-state index in [0.29, 0.717) is 12.6 Å². The highest BCUT2D eigenvalue weighted by atomic mass is 127. The van der Waals surface area contributed by atoms with Gasteiger partial charge in [0.2, 0.25) is 0 Å². The number of rotatable bonds is 4. The third-order valence-corrected chi connectivity index (χ3v) is 2.54. The maximum atomic E-state index is 11.6. The summed E-state index contributed by atoms with van der Waals surface area (Å²) in [4.78, 5) is 15.5. The second kappa shape index (κ2) is 7.17. The summed E-state index contributed by atoms with van der Waals surface area (Å²) < 4.78 is 0. The lowest BCUT2D eigenvalue weighted by atomic mass is 10.2. The summed E-state index contributed by atoms with van der Waals surface area (Å²) in [5.74, 6) is 0.0554. The van der Waals surface area contributed by atoms with Crippen LogP contribution in [0.1, 0.15) is 18.4 Å². The summed E-state index contributed by atoms with van der Waals surface area (Å²) in [5.41, 5.74) is 12.2. The standard InChI is InChI=1S/C12H17N5O.HI/c13-11(14)15-7-8-2-1-3-10(6-8)17-12(18)16-9-4-5-9;/h1-3,6,9H,4-5,7H2,(H4,13,14,15)(H2,16,17,18);1H. The number of aliphatic imine (C=N–C) groups is 1. The van der Waals surface area contributed by atoms with Crippen LogP contribution in [0.5, 0.6) is 0 Å². The average molecular weight is 375 g/mol. The molecule has 0 aliphatic heterocycles. The van der Waals surface area contributed by atoms with Crippen LogP contribution in [-0.4, -0.2) is 18.0 Å². The van der Waals surface area contributed by atoms with Crippen LogP contribution in [0.4, 0.5) is 10.5 Å². The number of hydrogen-bond donors (Lipinski definition) is 4. The quantitative estimate of drug-likeness (QED) is 0.363. The highest BCUT2D eigenvalue weighted by Gasteiger charge is 2.23. The lowest BCUT2D eigenvalue weighted by molar-refractivity contribution is 0.251. The molecule has 1 aromatic rings. The molecule has 1 aromatic carbocycles.